The topological polar surface area (TPSA) is 118 Å². The third kappa shape index (κ3) is 2.77. The van der Waals surface area contributed by atoms with Crippen LogP contribution in [0.3, 0.4) is 0 Å². The molecule has 0 saturated carbocycles. The number of nitrogens with one attached hydrogen (secondary N) is 1. The van der Waals surface area contributed by atoms with Crippen molar-refractivity contribution in [3.63, 3.8) is 0 Å². The van der Waals surface area contributed by atoms with Gasteiger partial charge in [0.1, 0.15) is 24.6 Å². The fourth-order valence-electron chi connectivity index (χ4n) is 2.86. The molecular weight excluding hydrogens is 353 g/mol. The van der Waals surface area contributed by atoms with Crippen molar-refractivity contribution in [1.82, 2.24) is 14.9 Å². The molecule has 0 spiro atoms. The summed E-state index contributed by atoms with van der Waals surface area (Å²) in [7, 11) is 0. The monoisotopic (exact) mass is 369 g/mol. The minimum Gasteiger partial charge on any atom is -0.391 e. The number of aliphatic hydroxyl groups excluding tert-OH is 2. The lowest BCUT2D eigenvalue weighted by molar-refractivity contribution is -0.0757. The zero-order chi connectivity index (χ0) is 18.4. The van der Waals surface area contributed by atoms with Crippen LogP contribution in [0.2, 0.25) is 0 Å². The minimum atomic E-state index is -1.71. The molecule has 2 aliphatic rings. The first-order valence-corrected chi connectivity index (χ1v) is 7.81. The molecule has 0 bridgehead atoms. The van der Waals surface area contributed by atoms with E-state index in [0.29, 0.717) is 17.2 Å². The summed E-state index contributed by atoms with van der Waals surface area (Å²) in [6, 6.07) is 0. The minimum absolute atomic E-state index is 0.0971. The van der Waals surface area contributed by atoms with Gasteiger partial charge in [-0.15, -0.1) is 0 Å². The molecule has 2 aliphatic heterocycles. The van der Waals surface area contributed by atoms with Gasteiger partial charge in [-0.3, -0.25) is 4.57 Å². The summed E-state index contributed by atoms with van der Waals surface area (Å²) in [5.41, 5.74) is 6.57. The normalized spacial score (nSPS) is 32.3. The van der Waals surface area contributed by atoms with Crippen LogP contribution in [-0.4, -0.2) is 55.6 Å². The maximum absolute atomic E-state index is 12.6. The predicted molar refractivity (Wildman–Crippen MR) is 89.6 cm³/mol. The number of imidazole rings is 1. The summed E-state index contributed by atoms with van der Waals surface area (Å²) in [6.45, 7) is 4.30. The van der Waals surface area contributed by atoms with Gasteiger partial charge in [0, 0.05) is 0 Å². The summed E-state index contributed by atoms with van der Waals surface area (Å²) in [6.07, 6.45) is -3.13. The van der Waals surface area contributed by atoms with Crippen LogP contribution in [0.5, 0.6) is 0 Å². The number of nitrogens with zero attached hydrogens (tertiary/aromatic N) is 3. The van der Waals surface area contributed by atoms with Crippen LogP contribution in [0, 0.1) is 11.8 Å². The van der Waals surface area contributed by atoms with Gasteiger partial charge in [0.2, 0.25) is 0 Å². The number of aliphatic hydroxyl groups is 2. The zero-order valence-corrected chi connectivity index (χ0v) is 14.0. The SMILES string of the molecule is C=C1NC(N)=Nc2c1ncn2[C@@H]1OC([C@H](C)O)C(O)[C@]1(Cl)C#CCF. The fourth-order valence-corrected chi connectivity index (χ4v) is 3.21. The molecule has 5 N–H and O–H groups in total. The number of alkyl halides is 2. The fraction of sp³-hybridized carbons (Fsp3) is 0.467. The number of nitrogens with two attached hydrogens (primary N) is 1. The van der Waals surface area contributed by atoms with Crippen LogP contribution in [-0.2, 0) is 4.74 Å². The van der Waals surface area contributed by atoms with Gasteiger partial charge >= 0.3 is 0 Å². The quantitative estimate of drug-likeness (QED) is 0.430. The number of hydrogen-bond donors (Lipinski definition) is 4. The molecule has 134 valence electrons. The molecule has 8 nitrogen and oxygen atoms in total. The molecule has 2 unspecified atom stereocenters. The molecule has 1 fully saturated rings. The van der Waals surface area contributed by atoms with Crippen molar-refractivity contribution in [3.8, 4) is 11.8 Å². The van der Waals surface area contributed by atoms with E-state index in [1.165, 1.54) is 17.8 Å². The van der Waals surface area contributed by atoms with Crippen LogP contribution in [0.25, 0.3) is 5.70 Å². The highest BCUT2D eigenvalue weighted by molar-refractivity contribution is 6.27. The second-order valence-electron chi connectivity index (χ2n) is 5.77. The molecule has 10 heteroatoms. The highest BCUT2D eigenvalue weighted by atomic mass is 35.5. The van der Waals surface area contributed by atoms with E-state index in [1.807, 2.05) is 0 Å². The van der Waals surface area contributed by atoms with Crippen molar-refractivity contribution in [2.75, 3.05) is 6.67 Å². The molecule has 0 aromatic carbocycles. The van der Waals surface area contributed by atoms with Crippen molar-refractivity contribution >= 4 is 29.1 Å². The number of aliphatic imine (C=N–C) groups is 1. The molecule has 0 amide bonds. The van der Waals surface area contributed by atoms with Gasteiger partial charge in [0.25, 0.3) is 0 Å². The first-order chi connectivity index (χ1) is 11.8. The molecule has 0 radical (unpaired) electrons. The number of aromatic nitrogens is 2. The summed E-state index contributed by atoms with van der Waals surface area (Å²) in [4.78, 5) is 6.64. The van der Waals surface area contributed by atoms with Crippen molar-refractivity contribution < 1.29 is 19.3 Å². The number of ether oxygens (including phenoxy) is 1. The van der Waals surface area contributed by atoms with Gasteiger partial charge in [-0.25, -0.2) is 9.37 Å². The van der Waals surface area contributed by atoms with Crippen LogP contribution in [0.4, 0.5) is 10.2 Å². The van der Waals surface area contributed by atoms with E-state index >= 15 is 0 Å². The lowest BCUT2D eigenvalue weighted by atomic mass is 9.96. The van der Waals surface area contributed by atoms with Gasteiger partial charge in [0.15, 0.2) is 22.9 Å². The first-order valence-electron chi connectivity index (χ1n) is 7.43. The van der Waals surface area contributed by atoms with Gasteiger partial charge in [-0.05, 0) is 6.92 Å². The third-order valence-corrected chi connectivity index (χ3v) is 4.53. The van der Waals surface area contributed by atoms with Gasteiger partial charge in [0.05, 0.1) is 18.1 Å². The van der Waals surface area contributed by atoms with Crippen LogP contribution in [0.15, 0.2) is 17.9 Å². The average Bonchev–Trinajstić information content (AvgIpc) is 3.06. The van der Waals surface area contributed by atoms with Gasteiger partial charge in [-0.2, -0.15) is 4.99 Å². The van der Waals surface area contributed by atoms with E-state index in [9.17, 15) is 14.6 Å². The second kappa shape index (κ2) is 6.31. The Kier molecular flexibility index (Phi) is 4.47. The summed E-state index contributed by atoms with van der Waals surface area (Å²) < 4.78 is 19.7. The molecule has 3 rings (SSSR count). The molecule has 1 aromatic heterocycles. The Hall–Kier alpha value is -2.12. The Morgan fingerprint density at radius 3 is 3.04 bits per heavy atom. The molecule has 5 atom stereocenters. The standard InChI is InChI=1S/C15H17ClFN5O3/c1-7-9-12(21-14(18)20-7)22(6-19-9)13-15(16,4-3-5-17)11(24)10(25-13)8(2)23/h6,8,10-11,13,23-24H,1,5H2,2H3,(H3,18,20,21)/t8-,10?,11?,13+,15+/m0/s1. The molecule has 3 heterocycles. The van der Waals surface area contributed by atoms with E-state index in [1.54, 1.807) is 0 Å². The van der Waals surface area contributed by atoms with Crippen LogP contribution in [0.1, 0.15) is 18.8 Å². The number of halogens is 2. The molecular formula is C15H17ClFN5O3. The lowest BCUT2D eigenvalue weighted by Gasteiger charge is -2.26. The Balaban J connectivity index is 2.11. The zero-order valence-electron chi connectivity index (χ0n) is 13.3. The molecule has 1 aromatic rings. The summed E-state index contributed by atoms with van der Waals surface area (Å²) in [5, 5.41) is 23.1. The lowest BCUT2D eigenvalue weighted by Crippen LogP contribution is -2.43. The van der Waals surface area contributed by atoms with E-state index < -0.39 is 36.1 Å². The number of fused-ring (bicyclic) bond motifs is 1. The maximum atomic E-state index is 12.6. The Labute approximate surface area is 148 Å². The van der Waals surface area contributed by atoms with Crippen molar-refractivity contribution in [2.45, 2.75) is 36.3 Å². The summed E-state index contributed by atoms with van der Waals surface area (Å²) >= 11 is 6.52. The molecule has 0 aliphatic carbocycles. The van der Waals surface area contributed by atoms with Crippen molar-refractivity contribution in [3.05, 3.63) is 18.6 Å². The summed E-state index contributed by atoms with van der Waals surface area (Å²) in [5.74, 6) is 5.11. The molecule has 25 heavy (non-hydrogen) atoms. The number of hydrogen-bond acceptors (Lipinski definition) is 7. The van der Waals surface area contributed by atoms with Crippen LogP contribution >= 0.6 is 11.6 Å². The van der Waals surface area contributed by atoms with E-state index in [4.69, 9.17) is 22.1 Å². The first kappa shape index (κ1) is 17.7. The third-order valence-electron chi connectivity index (χ3n) is 4.02. The predicted octanol–water partition coefficient (Wildman–Crippen LogP) is -0.00720. The van der Waals surface area contributed by atoms with E-state index in [0.717, 1.165) is 0 Å². The van der Waals surface area contributed by atoms with Gasteiger partial charge in [-0.1, -0.05) is 30.0 Å². The largest absolute Gasteiger partial charge is 0.391 e. The van der Waals surface area contributed by atoms with Crippen LogP contribution < -0.4 is 11.1 Å². The smallest absolute Gasteiger partial charge is 0.199 e. The highest BCUT2D eigenvalue weighted by Crippen LogP contribution is 2.46. The molecule has 1 saturated heterocycles. The Morgan fingerprint density at radius 1 is 1.68 bits per heavy atom. The average molecular weight is 370 g/mol. The highest BCUT2D eigenvalue weighted by Gasteiger charge is 2.57. The Bertz CT molecular complexity index is 799. The second-order valence-corrected chi connectivity index (χ2v) is 6.39. The van der Waals surface area contributed by atoms with Gasteiger partial charge < -0.3 is 26.0 Å². The maximum Gasteiger partial charge on any atom is 0.199 e. The van der Waals surface area contributed by atoms with Crippen molar-refractivity contribution in [1.29, 1.82) is 0 Å². The van der Waals surface area contributed by atoms with E-state index in [2.05, 4.69) is 33.7 Å². The number of rotatable bonds is 2. The number of guanidine groups is 1. The Morgan fingerprint density at radius 2 is 2.40 bits per heavy atom. The van der Waals surface area contributed by atoms with E-state index in [-0.39, 0.29) is 5.96 Å². The van der Waals surface area contributed by atoms with Crippen molar-refractivity contribution in [2.24, 2.45) is 10.7 Å².